The summed E-state index contributed by atoms with van der Waals surface area (Å²) in [6.07, 6.45) is -8.89. The lowest BCUT2D eigenvalue weighted by molar-refractivity contribution is -0.167. The monoisotopic (exact) mass is 738 g/mol. The van der Waals surface area contributed by atoms with Crippen molar-refractivity contribution < 1.29 is 44.3 Å². The highest BCUT2D eigenvalue weighted by molar-refractivity contribution is 7.13. The van der Waals surface area contributed by atoms with Gasteiger partial charge in [0.15, 0.2) is 0 Å². The van der Waals surface area contributed by atoms with Gasteiger partial charge in [-0.25, -0.2) is 29.9 Å². The Morgan fingerprint density at radius 2 is 1.31 bits per heavy atom. The van der Waals surface area contributed by atoms with Gasteiger partial charge in [-0.15, -0.1) is 22.7 Å². The van der Waals surface area contributed by atoms with Gasteiger partial charge in [0.25, 0.3) is 0 Å². The van der Waals surface area contributed by atoms with E-state index in [1.807, 2.05) is 0 Å². The molecule has 2 aliphatic rings. The van der Waals surface area contributed by atoms with Gasteiger partial charge in [-0.1, -0.05) is 0 Å². The second kappa shape index (κ2) is 13.2. The van der Waals surface area contributed by atoms with Crippen LogP contribution >= 0.6 is 22.7 Å². The highest BCUT2D eigenvalue weighted by atomic mass is 32.1. The van der Waals surface area contributed by atoms with Crippen molar-refractivity contribution in [3.63, 3.8) is 0 Å². The fraction of sp³-hybridized carbons (Fsp3) is 0.444. The molecule has 0 radical (unpaired) electrons. The Kier molecular flexibility index (Phi) is 9.28. The van der Waals surface area contributed by atoms with Gasteiger partial charge in [-0.05, 0) is 25.2 Å². The summed E-state index contributed by atoms with van der Waals surface area (Å²) in [6.45, 7) is 0.259. The van der Waals surface area contributed by atoms with E-state index >= 15 is 0 Å². The van der Waals surface area contributed by atoms with Crippen LogP contribution in [0.3, 0.4) is 0 Å². The predicted octanol–water partition coefficient (Wildman–Crippen LogP) is 6.41. The molecule has 0 bridgehead atoms. The number of nitrogens with one attached hydrogen (secondary N) is 2. The number of carbonyl (C=O) groups excluding carboxylic acids is 1. The van der Waals surface area contributed by atoms with Gasteiger partial charge in [0.05, 0.1) is 0 Å². The zero-order valence-electron chi connectivity index (χ0n) is 24.6. The Bertz CT molecular complexity index is 1760. The molecule has 4 aromatic heterocycles. The molecule has 0 spiro atoms. The van der Waals surface area contributed by atoms with E-state index in [9.17, 15) is 44.3 Å². The van der Waals surface area contributed by atoms with Crippen LogP contribution in [0, 0.1) is 5.92 Å². The van der Waals surface area contributed by atoms with E-state index < -0.39 is 42.4 Å². The average molecular weight is 739 g/mol. The van der Waals surface area contributed by atoms with E-state index in [4.69, 9.17) is 0 Å². The van der Waals surface area contributed by atoms with E-state index in [0.717, 1.165) is 21.1 Å². The third-order valence-electron chi connectivity index (χ3n) is 7.76. The third-order valence-corrected chi connectivity index (χ3v) is 9.54. The van der Waals surface area contributed by atoms with Gasteiger partial charge in [-0.3, -0.25) is 4.79 Å². The maximum atomic E-state index is 14.0. The standard InChI is InChI=1S/C27H23F9N10OS2/c28-25(29,30)16-2-1-3-45(16)23-38-6-14(7-39-23)20-42-18(11-48-20)37-5-13-4-17(26(31,32)33)46(10-13)24-40-8-15(9-41-24)21-43-19(12-49-21)44-22(47)27(34,35)36/h6-9,11-13,16-17,37H,1-5,10H2,(H,44,47)/t13?,16-,17-/m0/s1. The summed E-state index contributed by atoms with van der Waals surface area (Å²) in [6, 6.07) is -3.53. The summed E-state index contributed by atoms with van der Waals surface area (Å²) in [5.41, 5.74) is 0.692. The molecule has 3 atom stereocenters. The van der Waals surface area contributed by atoms with Gasteiger partial charge in [-0.2, -0.15) is 39.5 Å². The van der Waals surface area contributed by atoms with Crippen molar-refractivity contribution in [2.75, 3.05) is 40.1 Å². The van der Waals surface area contributed by atoms with Gasteiger partial charge in [0.2, 0.25) is 11.9 Å². The molecule has 4 aromatic rings. The van der Waals surface area contributed by atoms with E-state index in [2.05, 4.69) is 35.2 Å². The van der Waals surface area contributed by atoms with Crippen LogP contribution < -0.4 is 20.4 Å². The number of carbonyl (C=O) groups is 1. The smallest absolute Gasteiger partial charge is 0.369 e. The van der Waals surface area contributed by atoms with Crippen molar-refractivity contribution in [1.29, 1.82) is 0 Å². The molecule has 2 aliphatic heterocycles. The molecule has 0 aromatic carbocycles. The number of halogens is 9. The first-order chi connectivity index (χ1) is 23.1. The lowest BCUT2D eigenvalue weighted by Crippen LogP contribution is -2.42. The van der Waals surface area contributed by atoms with E-state index in [-0.39, 0.29) is 60.8 Å². The summed E-state index contributed by atoms with van der Waals surface area (Å²) in [4.78, 5) is 38.0. The predicted molar refractivity (Wildman–Crippen MR) is 161 cm³/mol. The minimum Gasteiger partial charge on any atom is -0.369 e. The normalized spacial score (nSPS) is 20.2. The largest absolute Gasteiger partial charge is 0.471 e. The van der Waals surface area contributed by atoms with Crippen LogP contribution in [0.1, 0.15) is 19.3 Å². The second-order valence-corrected chi connectivity index (χ2v) is 12.9. The highest BCUT2D eigenvalue weighted by Gasteiger charge is 2.50. The molecular formula is C27H23F9N10OS2. The van der Waals surface area contributed by atoms with E-state index in [1.54, 1.807) is 10.7 Å². The van der Waals surface area contributed by atoms with Crippen molar-refractivity contribution in [1.82, 2.24) is 29.9 Å². The number of alkyl halides is 9. The van der Waals surface area contributed by atoms with Gasteiger partial charge in [0, 0.05) is 66.3 Å². The maximum Gasteiger partial charge on any atom is 0.471 e. The number of anilines is 4. The van der Waals surface area contributed by atoms with Crippen LogP contribution in [0.15, 0.2) is 35.5 Å². The van der Waals surface area contributed by atoms with Crippen LogP contribution in [-0.2, 0) is 4.79 Å². The van der Waals surface area contributed by atoms with Crippen molar-refractivity contribution in [2.45, 2.75) is 49.9 Å². The molecule has 1 unspecified atom stereocenters. The second-order valence-electron chi connectivity index (χ2n) is 11.2. The summed E-state index contributed by atoms with van der Waals surface area (Å²) >= 11 is 2.09. The Balaban J connectivity index is 1.07. The van der Waals surface area contributed by atoms with Crippen molar-refractivity contribution in [2.24, 2.45) is 5.92 Å². The molecule has 1 amide bonds. The van der Waals surface area contributed by atoms with Gasteiger partial charge >= 0.3 is 24.4 Å². The molecular weight excluding hydrogens is 715 g/mol. The molecule has 262 valence electrons. The zero-order chi connectivity index (χ0) is 35.1. The van der Waals surface area contributed by atoms with Crippen molar-refractivity contribution in [3.05, 3.63) is 35.5 Å². The van der Waals surface area contributed by atoms with E-state index in [1.165, 1.54) is 41.5 Å². The Morgan fingerprint density at radius 3 is 1.86 bits per heavy atom. The van der Waals surface area contributed by atoms with Crippen LogP contribution in [0.5, 0.6) is 0 Å². The fourth-order valence-corrected chi connectivity index (χ4v) is 6.98. The highest BCUT2D eigenvalue weighted by Crippen LogP contribution is 2.38. The Morgan fingerprint density at radius 1 is 0.776 bits per heavy atom. The molecule has 2 N–H and O–H groups in total. The Labute approximate surface area is 278 Å². The van der Waals surface area contributed by atoms with Crippen LogP contribution in [-0.4, -0.2) is 86.1 Å². The maximum absolute atomic E-state index is 14.0. The molecule has 49 heavy (non-hydrogen) atoms. The summed E-state index contributed by atoms with van der Waals surface area (Å²) in [5, 5.41) is 8.09. The topological polar surface area (TPSA) is 125 Å². The number of hydrogen-bond acceptors (Lipinski definition) is 12. The Hall–Kier alpha value is -4.34. The average Bonchev–Trinajstić information content (AvgIpc) is 3.86. The quantitative estimate of drug-likeness (QED) is 0.196. The first-order valence-electron chi connectivity index (χ1n) is 14.4. The lowest BCUT2D eigenvalue weighted by Gasteiger charge is -2.26. The molecule has 2 saturated heterocycles. The first-order valence-corrected chi connectivity index (χ1v) is 16.2. The number of rotatable bonds is 8. The van der Waals surface area contributed by atoms with Crippen LogP contribution in [0.2, 0.25) is 0 Å². The van der Waals surface area contributed by atoms with Gasteiger partial charge in [0.1, 0.15) is 33.7 Å². The SMILES string of the molecule is O=C(Nc1csc(-c2cnc(N3CC(CNc4csc(-c5cnc(N6CCC[C@H]6C(F)(F)F)nc5)n4)C[C@H]3C(F)(F)F)nc2)n1)C(F)(F)F. The lowest BCUT2D eigenvalue weighted by atomic mass is 10.1. The fourth-order valence-electron chi connectivity index (χ4n) is 5.50. The number of amides is 1. The molecule has 2 fully saturated rings. The summed E-state index contributed by atoms with van der Waals surface area (Å²) < 4.78 is 120. The summed E-state index contributed by atoms with van der Waals surface area (Å²) in [7, 11) is 0. The molecule has 22 heteroatoms. The van der Waals surface area contributed by atoms with Gasteiger partial charge < -0.3 is 20.4 Å². The third kappa shape index (κ3) is 7.78. The number of thiazole rings is 2. The summed E-state index contributed by atoms with van der Waals surface area (Å²) in [5.74, 6) is -2.90. The minimum atomic E-state index is -5.11. The van der Waals surface area contributed by atoms with E-state index in [0.29, 0.717) is 22.8 Å². The minimum absolute atomic E-state index is 0.0331. The number of nitrogens with zero attached hydrogens (tertiary/aromatic N) is 8. The van der Waals surface area contributed by atoms with Crippen LogP contribution in [0.25, 0.3) is 21.1 Å². The number of aromatic nitrogens is 6. The van der Waals surface area contributed by atoms with Crippen molar-refractivity contribution >= 4 is 52.1 Å². The number of hydrogen-bond donors (Lipinski definition) is 2. The zero-order valence-corrected chi connectivity index (χ0v) is 26.3. The molecule has 11 nitrogen and oxygen atoms in total. The molecule has 6 rings (SSSR count). The van der Waals surface area contributed by atoms with Crippen molar-refractivity contribution in [3.8, 4) is 21.1 Å². The molecule has 0 aliphatic carbocycles. The first kappa shape index (κ1) is 34.5. The van der Waals surface area contributed by atoms with Crippen LogP contribution in [0.4, 0.5) is 63.0 Å². The molecule has 0 saturated carbocycles. The molecule has 6 heterocycles.